The summed E-state index contributed by atoms with van der Waals surface area (Å²) in [6, 6.07) is 1.96. The van der Waals surface area contributed by atoms with E-state index in [1.54, 1.807) is 12.4 Å². The van der Waals surface area contributed by atoms with Gasteiger partial charge in [0.1, 0.15) is 5.65 Å². The highest BCUT2D eigenvalue weighted by Gasteiger charge is 2.44. The predicted octanol–water partition coefficient (Wildman–Crippen LogP) is 2.13. The molecule has 94 valence electrons. The van der Waals surface area contributed by atoms with Crippen LogP contribution in [0.2, 0.25) is 5.02 Å². The van der Waals surface area contributed by atoms with Crippen molar-refractivity contribution in [3.8, 4) is 0 Å². The standard InChI is InChI=1S/C12H14BClN2O2/c1-7-12(2,3)18-13(17-7)8-4-9-10(14)6-16-11(9)15-5-8/h4-7H,1-3H3,(H,15,16). The van der Waals surface area contributed by atoms with Gasteiger partial charge >= 0.3 is 7.12 Å². The second-order valence-corrected chi connectivity index (χ2v) is 5.54. The van der Waals surface area contributed by atoms with Crippen molar-refractivity contribution in [1.82, 2.24) is 9.97 Å². The van der Waals surface area contributed by atoms with E-state index in [0.717, 1.165) is 16.5 Å². The number of H-pyrrole nitrogens is 1. The van der Waals surface area contributed by atoms with Gasteiger partial charge in [-0.1, -0.05) is 11.6 Å². The Morgan fingerprint density at radius 3 is 2.94 bits per heavy atom. The Morgan fingerprint density at radius 1 is 1.50 bits per heavy atom. The van der Waals surface area contributed by atoms with E-state index in [2.05, 4.69) is 9.97 Å². The van der Waals surface area contributed by atoms with E-state index in [1.165, 1.54) is 0 Å². The number of hydrogen-bond acceptors (Lipinski definition) is 3. The molecule has 0 radical (unpaired) electrons. The number of aromatic nitrogens is 2. The molecule has 1 aliphatic rings. The lowest BCUT2D eigenvalue weighted by Crippen LogP contribution is -2.34. The number of halogens is 1. The summed E-state index contributed by atoms with van der Waals surface area (Å²) in [6.07, 6.45) is 3.53. The predicted molar refractivity (Wildman–Crippen MR) is 72.2 cm³/mol. The molecule has 1 atom stereocenters. The Balaban J connectivity index is 1.98. The van der Waals surface area contributed by atoms with Crippen LogP contribution < -0.4 is 5.46 Å². The fourth-order valence-corrected chi connectivity index (χ4v) is 2.21. The van der Waals surface area contributed by atoms with Gasteiger partial charge in [0.15, 0.2) is 0 Å². The van der Waals surface area contributed by atoms with Crippen molar-refractivity contribution in [2.24, 2.45) is 0 Å². The van der Waals surface area contributed by atoms with Crippen LogP contribution in [0.5, 0.6) is 0 Å². The highest BCUT2D eigenvalue weighted by molar-refractivity contribution is 6.62. The van der Waals surface area contributed by atoms with Crippen LogP contribution in [-0.4, -0.2) is 28.8 Å². The van der Waals surface area contributed by atoms with E-state index in [4.69, 9.17) is 20.9 Å². The molecule has 0 aliphatic carbocycles. The lowest BCUT2D eigenvalue weighted by Gasteiger charge is -2.21. The van der Waals surface area contributed by atoms with Crippen LogP contribution in [0.3, 0.4) is 0 Å². The summed E-state index contributed by atoms with van der Waals surface area (Å²) in [4.78, 5) is 7.33. The van der Waals surface area contributed by atoms with Crippen LogP contribution in [0, 0.1) is 0 Å². The average molecular weight is 265 g/mol. The van der Waals surface area contributed by atoms with Crippen molar-refractivity contribution >= 4 is 35.2 Å². The van der Waals surface area contributed by atoms with E-state index < -0.39 is 0 Å². The molecule has 6 heteroatoms. The summed E-state index contributed by atoms with van der Waals surface area (Å²) < 4.78 is 11.7. The molecule has 3 heterocycles. The SMILES string of the molecule is CC1OB(c2cnc3[nH]cc(Cl)c3c2)OC1(C)C. The molecule has 1 aliphatic heterocycles. The third kappa shape index (κ3) is 1.83. The zero-order chi connectivity index (χ0) is 12.9. The number of pyridine rings is 1. The maximum absolute atomic E-state index is 6.08. The van der Waals surface area contributed by atoms with Crippen molar-refractivity contribution in [1.29, 1.82) is 0 Å². The third-order valence-electron chi connectivity index (χ3n) is 3.49. The topological polar surface area (TPSA) is 47.1 Å². The van der Waals surface area contributed by atoms with Crippen LogP contribution in [0.4, 0.5) is 0 Å². The lowest BCUT2D eigenvalue weighted by atomic mass is 9.80. The summed E-state index contributed by atoms with van der Waals surface area (Å²) in [5, 5.41) is 1.54. The Morgan fingerprint density at radius 2 is 2.28 bits per heavy atom. The van der Waals surface area contributed by atoms with Crippen LogP contribution in [0.25, 0.3) is 11.0 Å². The quantitative estimate of drug-likeness (QED) is 0.803. The highest BCUT2D eigenvalue weighted by Crippen LogP contribution is 2.27. The lowest BCUT2D eigenvalue weighted by molar-refractivity contribution is 0.0842. The number of rotatable bonds is 1. The maximum Gasteiger partial charge on any atom is 0.496 e. The molecule has 1 saturated heterocycles. The van der Waals surface area contributed by atoms with Crippen molar-refractivity contribution in [3.63, 3.8) is 0 Å². The molecule has 2 aromatic rings. The first-order chi connectivity index (χ1) is 8.47. The van der Waals surface area contributed by atoms with Crippen LogP contribution >= 0.6 is 11.6 Å². The summed E-state index contributed by atoms with van der Waals surface area (Å²) in [5.74, 6) is 0. The molecule has 1 N–H and O–H groups in total. The third-order valence-corrected chi connectivity index (χ3v) is 3.80. The van der Waals surface area contributed by atoms with Gasteiger partial charge in [0.05, 0.1) is 16.7 Å². The minimum atomic E-state index is -0.377. The smallest absolute Gasteiger partial charge is 0.402 e. The minimum Gasteiger partial charge on any atom is -0.402 e. The monoisotopic (exact) mass is 264 g/mol. The zero-order valence-corrected chi connectivity index (χ0v) is 11.3. The minimum absolute atomic E-state index is 0.0416. The second kappa shape index (κ2) is 3.98. The Labute approximate surface area is 111 Å². The summed E-state index contributed by atoms with van der Waals surface area (Å²) in [7, 11) is -0.377. The van der Waals surface area contributed by atoms with Gasteiger partial charge in [-0.3, -0.25) is 0 Å². The van der Waals surface area contributed by atoms with Gasteiger partial charge in [-0.2, -0.15) is 0 Å². The normalized spacial score (nSPS) is 22.9. The van der Waals surface area contributed by atoms with Gasteiger partial charge in [-0.15, -0.1) is 0 Å². The number of fused-ring (bicyclic) bond motifs is 1. The van der Waals surface area contributed by atoms with Gasteiger partial charge in [0.25, 0.3) is 0 Å². The number of aromatic amines is 1. The molecular formula is C12H14BClN2O2. The molecule has 18 heavy (non-hydrogen) atoms. The van der Waals surface area contributed by atoms with Gasteiger partial charge in [-0.25, -0.2) is 4.98 Å². The van der Waals surface area contributed by atoms with Crippen LogP contribution in [0.15, 0.2) is 18.5 Å². The molecule has 4 nitrogen and oxygen atoms in total. The summed E-state index contributed by atoms with van der Waals surface area (Å²) >= 11 is 6.08. The first kappa shape index (κ1) is 12.0. The number of nitrogens with one attached hydrogen (secondary N) is 1. The number of nitrogens with zero attached hydrogens (tertiary/aromatic N) is 1. The largest absolute Gasteiger partial charge is 0.496 e. The van der Waals surface area contributed by atoms with E-state index in [-0.39, 0.29) is 18.8 Å². The fraction of sp³-hybridized carbons (Fsp3) is 0.417. The fourth-order valence-electron chi connectivity index (χ4n) is 2.01. The molecule has 0 saturated carbocycles. The van der Waals surface area contributed by atoms with Crippen LogP contribution in [0.1, 0.15) is 20.8 Å². The Hall–Kier alpha value is -1.04. The number of hydrogen-bond donors (Lipinski definition) is 1. The van der Waals surface area contributed by atoms with Crippen LogP contribution in [-0.2, 0) is 9.31 Å². The van der Waals surface area contributed by atoms with Gasteiger partial charge in [0.2, 0.25) is 0 Å². The Kier molecular flexibility index (Phi) is 2.66. The first-order valence-electron chi connectivity index (χ1n) is 5.93. The van der Waals surface area contributed by atoms with E-state index in [1.807, 2.05) is 26.8 Å². The Bertz CT molecular complexity index is 599. The molecule has 0 bridgehead atoms. The van der Waals surface area contributed by atoms with Crippen molar-refractivity contribution in [3.05, 3.63) is 23.5 Å². The summed E-state index contributed by atoms with van der Waals surface area (Å²) in [5.41, 5.74) is 1.37. The van der Waals surface area contributed by atoms with Crippen molar-refractivity contribution < 1.29 is 9.31 Å². The molecule has 1 unspecified atom stereocenters. The van der Waals surface area contributed by atoms with E-state index in [0.29, 0.717) is 5.02 Å². The maximum atomic E-state index is 6.08. The zero-order valence-electron chi connectivity index (χ0n) is 10.5. The van der Waals surface area contributed by atoms with Crippen molar-refractivity contribution in [2.45, 2.75) is 32.5 Å². The van der Waals surface area contributed by atoms with E-state index in [9.17, 15) is 0 Å². The first-order valence-corrected chi connectivity index (χ1v) is 6.31. The molecule has 0 aromatic carbocycles. The summed E-state index contributed by atoms with van der Waals surface area (Å²) in [6.45, 7) is 6.05. The van der Waals surface area contributed by atoms with Gasteiger partial charge in [-0.05, 0) is 26.8 Å². The molecular weight excluding hydrogens is 250 g/mol. The van der Waals surface area contributed by atoms with E-state index >= 15 is 0 Å². The second-order valence-electron chi connectivity index (χ2n) is 5.13. The molecule has 0 spiro atoms. The van der Waals surface area contributed by atoms with Gasteiger partial charge in [0, 0.05) is 23.2 Å². The molecule has 3 rings (SSSR count). The molecule has 1 fully saturated rings. The average Bonchev–Trinajstić information content (AvgIpc) is 2.81. The van der Waals surface area contributed by atoms with Crippen molar-refractivity contribution in [2.75, 3.05) is 0 Å². The highest BCUT2D eigenvalue weighted by atomic mass is 35.5. The van der Waals surface area contributed by atoms with Gasteiger partial charge < -0.3 is 14.3 Å². The molecule has 0 amide bonds. The molecule has 2 aromatic heterocycles.